The van der Waals surface area contributed by atoms with Crippen LogP contribution in [0.25, 0.3) is 0 Å². The monoisotopic (exact) mass is 234 g/mol. The van der Waals surface area contributed by atoms with E-state index in [1.165, 1.54) is 17.0 Å². The van der Waals surface area contributed by atoms with Crippen LogP contribution < -0.4 is 0 Å². The fraction of sp³-hybridized carbons (Fsp3) is 0.900. The summed E-state index contributed by atoms with van der Waals surface area (Å²) in [6.45, 7) is 11.5. The van der Waals surface area contributed by atoms with Gasteiger partial charge in [-0.2, -0.15) is 0 Å². The quantitative estimate of drug-likeness (QED) is 0.453. The zero-order valence-corrected chi connectivity index (χ0v) is 11.5. The number of amidine groups is 1. The van der Waals surface area contributed by atoms with Crippen molar-refractivity contribution in [1.82, 2.24) is 5.23 Å². The standard InChI is InChI=1S/C10H22N2O2S/c1-9(2,3)13-12(8(11)15-7)14-10(4,5)6/h11H,1-7H3. The molecule has 0 atom stereocenters. The summed E-state index contributed by atoms with van der Waals surface area (Å²) in [4.78, 5) is 11.1. The Kier molecular flexibility index (Phi) is 5.09. The zero-order chi connectivity index (χ0) is 12.3. The minimum absolute atomic E-state index is 0.236. The van der Waals surface area contributed by atoms with E-state index in [0.717, 1.165) is 0 Å². The second-order valence-electron chi connectivity index (χ2n) is 5.17. The SMILES string of the molecule is CSC(=N)N(OC(C)(C)C)OC(C)(C)C. The summed E-state index contributed by atoms with van der Waals surface area (Å²) in [5.41, 5.74) is -0.763. The average molecular weight is 234 g/mol. The van der Waals surface area contributed by atoms with Gasteiger partial charge in [-0.05, 0) is 47.8 Å². The van der Waals surface area contributed by atoms with Gasteiger partial charge in [-0.1, -0.05) is 17.0 Å². The van der Waals surface area contributed by atoms with Crippen molar-refractivity contribution in [2.45, 2.75) is 52.7 Å². The lowest BCUT2D eigenvalue weighted by atomic mass is 10.2. The summed E-state index contributed by atoms with van der Waals surface area (Å²) in [5, 5.41) is 9.11. The molecule has 1 N–H and O–H groups in total. The van der Waals surface area contributed by atoms with Crippen LogP contribution in [0.3, 0.4) is 0 Å². The summed E-state index contributed by atoms with van der Waals surface area (Å²) < 4.78 is 0. The Morgan fingerprint density at radius 1 is 1.00 bits per heavy atom. The van der Waals surface area contributed by atoms with Gasteiger partial charge in [-0.15, -0.1) is 0 Å². The average Bonchev–Trinajstić information content (AvgIpc) is 1.96. The van der Waals surface area contributed by atoms with Gasteiger partial charge in [0.15, 0.2) is 0 Å². The number of hydrogen-bond donors (Lipinski definition) is 1. The first-order chi connectivity index (χ1) is 6.55. The molecule has 0 saturated heterocycles. The van der Waals surface area contributed by atoms with Crippen LogP contribution in [0.2, 0.25) is 0 Å². The summed E-state index contributed by atoms with van der Waals surface area (Å²) >= 11 is 1.27. The highest BCUT2D eigenvalue weighted by atomic mass is 32.2. The van der Waals surface area contributed by atoms with Gasteiger partial charge in [0.2, 0.25) is 5.17 Å². The van der Waals surface area contributed by atoms with Gasteiger partial charge in [0.05, 0.1) is 11.2 Å². The Balaban J connectivity index is 4.53. The van der Waals surface area contributed by atoms with Gasteiger partial charge in [0, 0.05) is 0 Å². The third-order valence-corrected chi connectivity index (χ3v) is 1.61. The molecule has 0 heterocycles. The van der Waals surface area contributed by atoms with E-state index >= 15 is 0 Å². The molecule has 5 heteroatoms. The molecule has 0 radical (unpaired) electrons. The number of rotatable bonds is 2. The van der Waals surface area contributed by atoms with Crippen LogP contribution in [0.15, 0.2) is 0 Å². The van der Waals surface area contributed by atoms with Crippen molar-refractivity contribution in [2.24, 2.45) is 0 Å². The minimum atomic E-state index is -0.382. The molecule has 0 rings (SSSR count). The second kappa shape index (κ2) is 5.18. The first kappa shape index (κ1) is 14.7. The number of nitrogens with zero attached hydrogens (tertiary/aromatic N) is 1. The van der Waals surface area contributed by atoms with E-state index in [-0.39, 0.29) is 16.4 Å². The number of thioether (sulfide) groups is 1. The molecule has 0 aromatic heterocycles. The first-order valence-corrected chi connectivity index (χ1v) is 6.08. The zero-order valence-electron chi connectivity index (χ0n) is 10.7. The number of hydrogen-bond acceptors (Lipinski definition) is 4. The molecule has 0 fully saturated rings. The van der Waals surface area contributed by atoms with Crippen LogP contribution >= 0.6 is 11.8 Å². The second-order valence-corrected chi connectivity index (χ2v) is 5.97. The topological polar surface area (TPSA) is 45.6 Å². The molecule has 15 heavy (non-hydrogen) atoms. The van der Waals surface area contributed by atoms with Gasteiger partial charge in [0.25, 0.3) is 0 Å². The molecule has 0 unspecified atom stereocenters. The molecule has 0 amide bonds. The molecule has 0 aromatic rings. The molecule has 0 bridgehead atoms. The third kappa shape index (κ3) is 7.64. The van der Waals surface area contributed by atoms with Gasteiger partial charge in [-0.3, -0.25) is 5.41 Å². The lowest BCUT2D eigenvalue weighted by molar-refractivity contribution is -0.383. The van der Waals surface area contributed by atoms with E-state index in [0.29, 0.717) is 0 Å². The lowest BCUT2D eigenvalue weighted by Crippen LogP contribution is -2.41. The van der Waals surface area contributed by atoms with Crippen LogP contribution in [0, 0.1) is 5.41 Å². The molecule has 90 valence electrons. The Hall–Kier alpha value is -0.260. The van der Waals surface area contributed by atoms with Gasteiger partial charge < -0.3 is 0 Å². The maximum Gasteiger partial charge on any atom is 0.210 e. The normalized spacial score (nSPS) is 12.7. The van der Waals surface area contributed by atoms with Crippen molar-refractivity contribution in [3.8, 4) is 0 Å². The summed E-state index contributed by atoms with van der Waals surface area (Å²) in [6, 6.07) is 0. The maximum atomic E-state index is 7.69. The van der Waals surface area contributed by atoms with E-state index in [9.17, 15) is 0 Å². The van der Waals surface area contributed by atoms with E-state index in [4.69, 9.17) is 15.1 Å². The van der Waals surface area contributed by atoms with E-state index < -0.39 is 0 Å². The van der Waals surface area contributed by atoms with Crippen LogP contribution in [-0.4, -0.2) is 27.9 Å². The van der Waals surface area contributed by atoms with Crippen molar-refractivity contribution in [1.29, 1.82) is 5.41 Å². The predicted octanol–water partition coefficient (Wildman–Crippen LogP) is 3.05. The molecular weight excluding hydrogens is 212 g/mol. The Morgan fingerprint density at radius 2 is 1.33 bits per heavy atom. The Labute approximate surface area is 96.7 Å². The molecule has 0 aliphatic heterocycles. The fourth-order valence-electron chi connectivity index (χ4n) is 0.674. The molecule has 0 aromatic carbocycles. The van der Waals surface area contributed by atoms with Crippen LogP contribution in [0.1, 0.15) is 41.5 Å². The smallest absolute Gasteiger partial charge is 0.210 e. The molecular formula is C10H22N2O2S. The Morgan fingerprint density at radius 3 is 1.53 bits per heavy atom. The van der Waals surface area contributed by atoms with Crippen molar-refractivity contribution in [3.05, 3.63) is 0 Å². The van der Waals surface area contributed by atoms with Crippen LogP contribution in [0.4, 0.5) is 0 Å². The van der Waals surface area contributed by atoms with Crippen molar-refractivity contribution in [3.63, 3.8) is 0 Å². The number of nitrogens with one attached hydrogen (secondary N) is 1. The molecule has 0 saturated carbocycles. The van der Waals surface area contributed by atoms with Crippen molar-refractivity contribution < 1.29 is 9.68 Å². The van der Waals surface area contributed by atoms with Crippen LogP contribution in [-0.2, 0) is 9.68 Å². The van der Waals surface area contributed by atoms with E-state index in [1.807, 2.05) is 47.8 Å². The summed E-state index contributed by atoms with van der Waals surface area (Å²) in [5.74, 6) is 0. The largest absolute Gasteiger partial charge is 0.275 e. The highest BCUT2D eigenvalue weighted by Crippen LogP contribution is 2.19. The molecule has 0 aliphatic rings. The maximum absolute atomic E-state index is 7.69. The lowest BCUT2D eigenvalue weighted by Gasteiger charge is -2.33. The number of hydroxylamine groups is 2. The predicted molar refractivity (Wildman–Crippen MR) is 64.8 cm³/mol. The van der Waals surface area contributed by atoms with Crippen LogP contribution in [0.5, 0.6) is 0 Å². The summed E-state index contributed by atoms with van der Waals surface area (Å²) in [6.07, 6.45) is 1.81. The van der Waals surface area contributed by atoms with E-state index in [1.54, 1.807) is 0 Å². The van der Waals surface area contributed by atoms with Gasteiger partial charge in [0.1, 0.15) is 0 Å². The molecule has 0 aliphatic carbocycles. The Bertz CT molecular complexity index is 202. The van der Waals surface area contributed by atoms with Crippen molar-refractivity contribution in [2.75, 3.05) is 6.26 Å². The molecule has 0 spiro atoms. The van der Waals surface area contributed by atoms with Crippen molar-refractivity contribution >= 4 is 16.9 Å². The highest BCUT2D eigenvalue weighted by Gasteiger charge is 2.25. The first-order valence-electron chi connectivity index (χ1n) is 4.86. The van der Waals surface area contributed by atoms with Gasteiger partial charge in [-0.25, -0.2) is 9.68 Å². The third-order valence-electron chi connectivity index (χ3n) is 1.07. The minimum Gasteiger partial charge on any atom is -0.275 e. The van der Waals surface area contributed by atoms with Gasteiger partial charge >= 0.3 is 0 Å². The highest BCUT2D eigenvalue weighted by molar-refractivity contribution is 8.13. The fourth-order valence-corrected chi connectivity index (χ4v) is 0.897. The summed E-state index contributed by atoms with van der Waals surface area (Å²) in [7, 11) is 0. The van der Waals surface area contributed by atoms with E-state index in [2.05, 4.69) is 0 Å². The molecule has 4 nitrogen and oxygen atoms in total.